The Kier molecular flexibility index (Phi) is 6.15. The molecule has 1 fully saturated rings. The number of hydrogen-bond donors (Lipinski definition) is 1. The third-order valence-corrected chi connectivity index (χ3v) is 3.81. The first-order valence-electron chi connectivity index (χ1n) is 6.74. The summed E-state index contributed by atoms with van der Waals surface area (Å²) in [6, 6.07) is 6.42. The van der Waals surface area contributed by atoms with E-state index < -0.39 is 11.9 Å². The van der Waals surface area contributed by atoms with E-state index in [0.717, 1.165) is 0 Å². The van der Waals surface area contributed by atoms with Gasteiger partial charge >= 0.3 is 5.97 Å². The van der Waals surface area contributed by atoms with Crippen molar-refractivity contribution < 1.29 is 19.1 Å². The Balaban J connectivity index is 0.00000220. The lowest BCUT2D eigenvalue weighted by molar-refractivity contribution is -0.141. The van der Waals surface area contributed by atoms with Crippen LogP contribution in [-0.4, -0.2) is 35.0 Å². The van der Waals surface area contributed by atoms with Gasteiger partial charge in [0.25, 0.3) is 0 Å². The number of carboxylic acids is 1. The van der Waals surface area contributed by atoms with Crippen LogP contribution < -0.4 is 0 Å². The minimum atomic E-state index is -0.859. The molecular formula is C15H19ClFNO3. The average molecular weight is 316 g/mol. The Hall–Kier alpha value is -1.62. The van der Waals surface area contributed by atoms with Crippen LogP contribution in [0.25, 0.3) is 0 Å². The van der Waals surface area contributed by atoms with Crippen LogP contribution in [0.3, 0.4) is 0 Å². The lowest BCUT2D eigenvalue weighted by Crippen LogP contribution is -2.30. The molecule has 0 aliphatic carbocycles. The van der Waals surface area contributed by atoms with Crippen molar-refractivity contribution in [2.45, 2.75) is 25.7 Å². The Morgan fingerprint density at radius 3 is 2.67 bits per heavy atom. The predicted molar refractivity (Wildman–Crippen MR) is 79.0 cm³/mol. The molecule has 1 aromatic rings. The number of carbonyl (C=O) groups is 2. The smallest absolute Gasteiger partial charge is 0.308 e. The molecule has 1 heterocycles. The van der Waals surface area contributed by atoms with Gasteiger partial charge in [-0.2, -0.15) is 0 Å². The first kappa shape index (κ1) is 17.4. The standard InChI is InChI=1S/C15H18FNO3.ClH/c1-10(12-4-2-3-5-13(12)16)8-14(18)17-7-6-11(9-17)15(19)20;/h2-5,10-11H,6-9H2,1H3,(H,19,20);1H. The Bertz CT molecular complexity index is 523. The van der Waals surface area contributed by atoms with Gasteiger partial charge in [-0.25, -0.2) is 4.39 Å². The molecule has 1 aliphatic heterocycles. The van der Waals surface area contributed by atoms with Gasteiger partial charge in [0.2, 0.25) is 5.91 Å². The van der Waals surface area contributed by atoms with Crippen LogP contribution in [0.2, 0.25) is 0 Å². The van der Waals surface area contributed by atoms with Gasteiger partial charge in [0.1, 0.15) is 5.82 Å². The Labute approximate surface area is 129 Å². The largest absolute Gasteiger partial charge is 0.481 e. The average Bonchev–Trinajstić information content (AvgIpc) is 2.88. The SMILES string of the molecule is CC(CC(=O)N1CCC(C(=O)O)C1)c1ccccc1F.Cl. The summed E-state index contributed by atoms with van der Waals surface area (Å²) in [5.74, 6) is -1.96. The van der Waals surface area contributed by atoms with E-state index in [2.05, 4.69) is 0 Å². The molecule has 116 valence electrons. The molecule has 1 N–H and O–H groups in total. The molecule has 0 bridgehead atoms. The topological polar surface area (TPSA) is 57.6 Å². The fraction of sp³-hybridized carbons (Fsp3) is 0.467. The van der Waals surface area contributed by atoms with Gasteiger partial charge < -0.3 is 10.0 Å². The predicted octanol–water partition coefficient (Wildman–Crippen LogP) is 2.67. The molecule has 2 unspecified atom stereocenters. The molecule has 0 saturated carbocycles. The summed E-state index contributed by atoms with van der Waals surface area (Å²) in [5, 5.41) is 8.92. The number of carbonyl (C=O) groups excluding carboxylic acids is 1. The number of benzene rings is 1. The maximum absolute atomic E-state index is 13.6. The lowest BCUT2D eigenvalue weighted by Gasteiger charge is -2.19. The van der Waals surface area contributed by atoms with Crippen LogP contribution in [0.5, 0.6) is 0 Å². The van der Waals surface area contributed by atoms with Crippen molar-refractivity contribution >= 4 is 24.3 Å². The highest BCUT2D eigenvalue weighted by molar-refractivity contribution is 5.85. The zero-order valence-electron chi connectivity index (χ0n) is 11.8. The van der Waals surface area contributed by atoms with Crippen LogP contribution in [0.15, 0.2) is 24.3 Å². The van der Waals surface area contributed by atoms with E-state index in [0.29, 0.717) is 18.5 Å². The quantitative estimate of drug-likeness (QED) is 0.929. The molecule has 1 aromatic carbocycles. The fourth-order valence-corrected chi connectivity index (χ4v) is 2.56. The van der Waals surface area contributed by atoms with Crippen molar-refractivity contribution in [2.75, 3.05) is 13.1 Å². The van der Waals surface area contributed by atoms with Crippen LogP contribution in [0.1, 0.15) is 31.2 Å². The summed E-state index contributed by atoms with van der Waals surface area (Å²) < 4.78 is 13.6. The second kappa shape index (κ2) is 7.41. The molecular weight excluding hydrogens is 297 g/mol. The minimum Gasteiger partial charge on any atom is -0.481 e. The van der Waals surface area contributed by atoms with Crippen LogP contribution >= 0.6 is 12.4 Å². The van der Waals surface area contributed by atoms with Gasteiger partial charge in [0, 0.05) is 19.5 Å². The second-order valence-electron chi connectivity index (χ2n) is 5.29. The highest BCUT2D eigenvalue weighted by Gasteiger charge is 2.31. The zero-order chi connectivity index (χ0) is 14.7. The molecule has 2 rings (SSSR count). The molecule has 1 saturated heterocycles. The van der Waals surface area contributed by atoms with E-state index in [-0.39, 0.29) is 43.0 Å². The third kappa shape index (κ3) is 4.17. The molecule has 0 aromatic heterocycles. The summed E-state index contributed by atoms with van der Waals surface area (Å²) in [4.78, 5) is 24.6. The van der Waals surface area contributed by atoms with Crippen LogP contribution in [-0.2, 0) is 9.59 Å². The van der Waals surface area contributed by atoms with E-state index in [1.165, 1.54) is 6.07 Å². The summed E-state index contributed by atoms with van der Waals surface area (Å²) in [6.45, 7) is 2.54. The van der Waals surface area contributed by atoms with Crippen molar-refractivity contribution in [1.29, 1.82) is 0 Å². The van der Waals surface area contributed by atoms with Crippen molar-refractivity contribution in [2.24, 2.45) is 5.92 Å². The summed E-state index contributed by atoms with van der Waals surface area (Å²) in [7, 11) is 0. The third-order valence-electron chi connectivity index (χ3n) is 3.81. The van der Waals surface area contributed by atoms with Gasteiger partial charge in [-0.3, -0.25) is 9.59 Å². The number of hydrogen-bond acceptors (Lipinski definition) is 2. The Morgan fingerprint density at radius 1 is 1.43 bits per heavy atom. The van der Waals surface area contributed by atoms with Crippen LogP contribution in [0, 0.1) is 11.7 Å². The van der Waals surface area contributed by atoms with Gasteiger partial charge in [0.05, 0.1) is 5.92 Å². The van der Waals surface area contributed by atoms with E-state index in [9.17, 15) is 14.0 Å². The number of aliphatic carboxylic acids is 1. The summed E-state index contributed by atoms with van der Waals surface area (Å²) in [5.41, 5.74) is 0.523. The fourth-order valence-electron chi connectivity index (χ4n) is 2.56. The van der Waals surface area contributed by atoms with Gasteiger partial charge in [0.15, 0.2) is 0 Å². The molecule has 0 radical (unpaired) electrons. The number of nitrogens with zero attached hydrogens (tertiary/aromatic N) is 1. The van der Waals surface area contributed by atoms with Gasteiger partial charge in [-0.1, -0.05) is 25.1 Å². The van der Waals surface area contributed by atoms with Crippen molar-refractivity contribution in [3.05, 3.63) is 35.6 Å². The molecule has 6 heteroatoms. The normalized spacial score (nSPS) is 19.0. The highest BCUT2D eigenvalue weighted by Crippen LogP contribution is 2.24. The first-order valence-corrected chi connectivity index (χ1v) is 6.74. The molecule has 1 aliphatic rings. The molecule has 1 amide bonds. The van der Waals surface area contributed by atoms with E-state index in [4.69, 9.17) is 5.11 Å². The number of amides is 1. The highest BCUT2D eigenvalue weighted by atomic mass is 35.5. The molecule has 21 heavy (non-hydrogen) atoms. The van der Waals surface area contributed by atoms with E-state index in [1.807, 2.05) is 0 Å². The lowest BCUT2D eigenvalue weighted by atomic mass is 9.96. The number of likely N-dealkylation sites (tertiary alicyclic amines) is 1. The molecule has 4 nitrogen and oxygen atoms in total. The summed E-state index contributed by atoms with van der Waals surface area (Å²) in [6.07, 6.45) is 0.697. The number of carboxylic acid groups (broad SMARTS) is 1. The summed E-state index contributed by atoms with van der Waals surface area (Å²) >= 11 is 0. The van der Waals surface area contributed by atoms with Gasteiger partial charge in [-0.15, -0.1) is 12.4 Å². The monoisotopic (exact) mass is 315 g/mol. The molecule has 0 spiro atoms. The molecule has 2 atom stereocenters. The van der Waals surface area contributed by atoms with E-state index >= 15 is 0 Å². The maximum Gasteiger partial charge on any atom is 0.308 e. The second-order valence-corrected chi connectivity index (χ2v) is 5.29. The van der Waals surface area contributed by atoms with Crippen LogP contribution in [0.4, 0.5) is 4.39 Å². The zero-order valence-corrected chi connectivity index (χ0v) is 12.6. The number of rotatable bonds is 4. The van der Waals surface area contributed by atoms with Gasteiger partial charge in [-0.05, 0) is 24.0 Å². The minimum absolute atomic E-state index is 0. The first-order chi connectivity index (χ1) is 9.49. The number of halogens is 2. The maximum atomic E-state index is 13.6. The van der Waals surface area contributed by atoms with Crippen molar-refractivity contribution in [3.63, 3.8) is 0 Å². The van der Waals surface area contributed by atoms with Crippen molar-refractivity contribution in [3.8, 4) is 0 Å². The Morgan fingerprint density at radius 2 is 2.10 bits per heavy atom. The van der Waals surface area contributed by atoms with E-state index in [1.54, 1.807) is 30.0 Å². The van der Waals surface area contributed by atoms with Crippen molar-refractivity contribution in [1.82, 2.24) is 4.90 Å².